The van der Waals surface area contributed by atoms with Crippen molar-refractivity contribution in [2.45, 2.75) is 31.1 Å². The number of rotatable bonds is 8. The van der Waals surface area contributed by atoms with Gasteiger partial charge in [0.1, 0.15) is 25.6 Å². The Morgan fingerprint density at radius 2 is 1.48 bits per heavy atom. The molecule has 0 saturated heterocycles. The first kappa shape index (κ1) is 30.6. The van der Waals surface area contributed by atoms with Crippen molar-refractivity contribution in [3.63, 3.8) is 0 Å². The SMILES string of the molecule is CC(C)(C)c1ccc(C(=O)Nc2cccc(NC(=O)CN(c3cccc(F)c3)S(=O)(=O)c3ccc4c(c3)OCCO4)c2)cc1. The predicted octanol–water partition coefficient (Wildman–Crippen LogP) is 5.98. The van der Waals surface area contributed by atoms with Gasteiger partial charge in [-0.2, -0.15) is 0 Å². The van der Waals surface area contributed by atoms with Gasteiger partial charge in [-0.25, -0.2) is 12.8 Å². The molecule has 2 N–H and O–H groups in total. The average Bonchev–Trinajstić information content (AvgIpc) is 2.99. The molecule has 228 valence electrons. The predicted molar refractivity (Wildman–Crippen MR) is 167 cm³/mol. The molecule has 5 rings (SSSR count). The highest BCUT2D eigenvalue weighted by atomic mass is 32.2. The summed E-state index contributed by atoms with van der Waals surface area (Å²) in [5.74, 6) is -1.01. The number of amides is 2. The number of benzene rings is 4. The van der Waals surface area contributed by atoms with Crippen LogP contribution in [0.1, 0.15) is 36.7 Å². The lowest BCUT2D eigenvalue weighted by Crippen LogP contribution is -2.38. The van der Waals surface area contributed by atoms with Crippen molar-refractivity contribution in [1.82, 2.24) is 0 Å². The number of halogens is 1. The Bertz CT molecular complexity index is 1800. The molecule has 9 nitrogen and oxygen atoms in total. The summed E-state index contributed by atoms with van der Waals surface area (Å²) in [6.07, 6.45) is 0. The topological polar surface area (TPSA) is 114 Å². The molecule has 44 heavy (non-hydrogen) atoms. The maximum absolute atomic E-state index is 14.2. The van der Waals surface area contributed by atoms with Crippen LogP contribution >= 0.6 is 0 Å². The van der Waals surface area contributed by atoms with Crippen molar-refractivity contribution in [1.29, 1.82) is 0 Å². The quantitative estimate of drug-likeness (QED) is 0.252. The van der Waals surface area contributed by atoms with E-state index in [-0.39, 0.29) is 34.3 Å². The zero-order valence-corrected chi connectivity index (χ0v) is 25.3. The molecule has 0 aliphatic carbocycles. The summed E-state index contributed by atoms with van der Waals surface area (Å²) in [5.41, 5.74) is 2.25. The van der Waals surface area contributed by atoms with Crippen molar-refractivity contribution >= 4 is 38.9 Å². The highest BCUT2D eigenvalue weighted by molar-refractivity contribution is 7.92. The normalized spacial score (nSPS) is 12.7. The molecule has 0 unspecified atom stereocenters. The second-order valence-corrected chi connectivity index (χ2v) is 13.1. The van der Waals surface area contributed by atoms with Gasteiger partial charge in [0.05, 0.1) is 10.6 Å². The molecule has 2 amide bonds. The minimum absolute atomic E-state index is 0.0338. The van der Waals surface area contributed by atoms with Gasteiger partial charge in [0.15, 0.2) is 11.5 Å². The second-order valence-electron chi connectivity index (χ2n) is 11.2. The summed E-state index contributed by atoms with van der Waals surface area (Å²) < 4.78 is 53.6. The summed E-state index contributed by atoms with van der Waals surface area (Å²) in [4.78, 5) is 25.9. The fourth-order valence-corrected chi connectivity index (χ4v) is 6.02. The van der Waals surface area contributed by atoms with Crippen LogP contribution in [0.3, 0.4) is 0 Å². The number of sulfonamides is 1. The highest BCUT2D eigenvalue weighted by Crippen LogP contribution is 2.34. The van der Waals surface area contributed by atoms with Gasteiger partial charge in [-0.05, 0) is 71.6 Å². The Balaban J connectivity index is 1.33. The molecular formula is C33H32FN3O6S. The number of carbonyl (C=O) groups excluding carboxylic acids is 2. The molecule has 1 aliphatic heterocycles. The lowest BCUT2D eigenvalue weighted by atomic mass is 9.87. The summed E-state index contributed by atoms with van der Waals surface area (Å²) in [7, 11) is -4.35. The van der Waals surface area contributed by atoms with Gasteiger partial charge in [0.2, 0.25) is 5.91 Å². The zero-order valence-electron chi connectivity index (χ0n) is 24.5. The van der Waals surface area contributed by atoms with Crippen LogP contribution in [-0.2, 0) is 20.2 Å². The summed E-state index contributed by atoms with van der Waals surface area (Å²) >= 11 is 0. The second kappa shape index (κ2) is 12.4. The van der Waals surface area contributed by atoms with Gasteiger partial charge >= 0.3 is 0 Å². The van der Waals surface area contributed by atoms with Crippen molar-refractivity contribution < 1.29 is 31.9 Å². The van der Waals surface area contributed by atoms with Gasteiger partial charge in [0, 0.05) is 23.0 Å². The molecular weight excluding hydrogens is 585 g/mol. The van der Waals surface area contributed by atoms with Gasteiger partial charge in [-0.1, -0.05) is 45.0 Å². The Morgan fingerprint density at radius 1 is 0.818 bits per heavy atom. The fourth-order valence-electron chi connectivity index (χ4n) is 4.59. The van der Waals surface area contributed by atoms with Crippen LogP contribution in [0.15, 0.2) is 95.9 Å². The van der Waals surface area contributed by atoms with Crippen molar-refractivity contribution in [2.24, 2.45) is 0 Å². The number of hydrogen-bond acceptors (Lipinski definition) is 6. The van der Waals surface area contributed by atoms with Crippen molar-refractivity contribution in [2.75, 3.05) is 34.7 Å². The lowest BCUT2D eigenvalue weighted by Gasteiger charge is -2.25. The number of fused-ring (bicyclic) bond motifs is 1. The van der Waals surface area contributed by atoms with Crippen LogP contribution in [0, 0.1) is 5.82 Å². The largest absolute Gasteiger partial charge is 0.486 e. The Hall–Kier alpha value is -4.90. The van der Waals surface area contributed by atoms with Crippen LogP contribution in [0.25, 0.3) is 0 Å². The van der Waals surface area contributed by atoms with E-state index < -0.39 is 28.3 Å². The Morgan fingerprint density at radius 3 is 2.16 bits per heavy atom. The summed E-state index contributed by atoms with van der Waals surface area (Å²) in [5, 5.41) is 5.49. The van der Waals surface area contributed by atoms with E-state index in [9.17, 15) is 22.4 Å². The van der Waals surface area contributed by atoms with Gasteiger partial charge in [0.25, 0.3) is 15.9 Å². The number of carbonyl (C=O) groups is 2. The molecule has 4 aromatic carbocycles. The molecule has 1 heterocycles. The van der Waals surface area contributed by atoms with E-state index in [1.807, 2.05) is 12.1 Å². The third kappa shape index (κ3) is 7.00. The summed E-state index contributed by atoms with van der Waals surface area (Å²) in [6, 6.07) is 22.9. The molecule has 1 aliphatic rings. The molecule has 0 atom stereocenters. The molecule has 0 radical (unpaired) electrons. The van der Waals surface area contributed by atoms with Gasteiger partial charge in [-0.3, -0.25) is 13.9 Å². The van der Waals surface area contributed by atoms with Crippen LogP contribution in [0.2, 0.25) is 0 Å². The first-order chi connectivity index (χ1) is 20.9. The molecule has 0 aromatic heterocycles. The monoisotopic (exact) mass is 617 g/mol. The highest BCUT2D eigenvalue weighted by Gasteiger charge is 2.29. The van der Waals surface area contributed by atoms with E-state index in [0.717, 1.165) is 15.9 Å². The van der Waals surface area contributed by atoms with E-state index in [0.29, 0.717) is 29.3 Å². The number of nitrogens with one attached hydrogen (secondary N) is 2. The minimum atomic E-state index is -4.35. The minimum Gasteiger partial charge on any atom is -0.486 e. The molecule has 0 saturated carbocycles. The lowest BCUT2D eigenvalue weighted by molar-refractivity contribution is -0.114. The standard InChI is InChI=1S/C33H32FN3O6S/c1-33(2,3)23-12-10-22(11-13-23)32(39)36-26-8-5-7-25(19-26)35-31(38)21-37(27-9-4-6-24(34)18-27)44(40,41)28-14-15-29-30(20-28)43-17-16-42-29/h4-15,18-20H,16-17,21H2,1-3H3,(H,35,38)(H,36,39). The van der Waals surface area contributed by atoms with Crippen LogP contribution in [0.4, 0.5) is 21.5 Å². The number of hydrogen-bond donors (Lipinski definition) is 2. The molecule has 11 heteroatoms. The van der Waals surface area contributed by atoms with E-state index in [1.165, 1.54) is 36.4 Å². The van der Waals surface area contributed by atoms with Gasteiger partial charge < -0.3 is 20.1 Å². The van der Waals surface area contributed by atoms with E-state index in [4.69, 9.17) is 9.47 Å². The zero-order chi connectivity index (χ0) is 31.5. The van der Waals surface area contributed by atoms with Crippen LogP contribution < -0.4 is 24.4 Å². The third-order valence-electron chi connectivity index (χ3n) is 6.90. The molecule has 0 fully saturated rings. The van der Waals surface area contributed by atoms with Crippen LogP contribution in [-0.4, -0.2) is 40.0 Å². The van der Waals surface area contributed by atoms with E-state index >= 15 is 0 Å². The molecule has 4 aromatic rings. The summed E-state index contributed by atoms with van der Waals surface area (Å²) in [6.45, 7) is 6.21. The van der Waals surface area contributed by atoms with E-state index in [2.05, 4.69) is 31.4 Å². The first-order valence-corrected chi connectivity index (χ1v) is 15.3. The average molecular weight is 618 g/mol. The number of ether oxygens (including phenoxy) is 2. The third-order valence-corrected chi connectivity index (χ3v) is 8.67. The van der Waals surface area contributed by atoms with Gasteiger partial charge in [-0.15, -0.1) is 0 Å². The van der Waals surface area contributed by atoms with E-state index in [1.54, 1.807) is 36.4 Å². The smallest absolute Gasteiger partial charge is 0.264 e. The molecule has 0 spiro atoms. The van der Waals surface area contributed by atoms with Crippen molar-refractivity contribution in [3.05, 3.63) is 108 Å². The number of anilines is 3. The first-order valence-electron chi connectivity index (χ1n) is 13.9. The molecule has 0 bridgehead atoms. The van der Waals surface area contributed by atoms with Crippen molar-refractivity contribution in [3.8, 4) is 11.5 Å². The fraction of sp³-hybridized carbons (Fsp3) is 0.212. The Labute approximate surface area is 255 Å². The number of nitrogens with zero attached hydrogens (tertiary/aromatic N) is 1. The maximum Gasteiger partial charge on any atom is 0.264 e. The Kier molecular flexibility index (Phi) is 8.59. The van der Waals surface area contributed by atoms with Crippen LogP contribution in [0.5, 0.6) is 11.5 Å². The maximum atomic E-state index is 14.2.